The van der Waals surface area contributed by atoms with E-state index < -0.39 is 11.6 Å². The Hall–Kier alpha value is -3.48. The van der Waals surface area contributed by atoms with Crippen LogP contribution in [0, 0.1) is 11.6 Å². The molecule has 3 aromatic rings. The molecule has 0 spiro atoms. The van der Waals surface area contributed by atoms with E-state index in [0.29, 0.717) is 11.4 Å². The molecule has 1 amide bonds. The summed E-state index contributed by atoms with van der Waals surface area (Å²) >= 11 is 0. The van der Waals surface area contributed by atoms with Crippen LogP contribution in [0.4, 0.5) is 26.0 Å². The number of ether oxygens (including phenoxy) is 1. The molecule has 2 aromatic carbocycles. The van der Waals surface area contributed by atoms with Crippen LogP contribution in [-0.2, 0) is 4.79 Å². The van der Waals surface area contributed by atoms with E-state index >= 15 is 0 Å². The normalized spacial score (nSPS) is 10.3. The first-order valence-corrected chi connectivity index (χ1v) is 8.26. The molecule has 138 valence electrons. The zero-order valence-corrected chi connectivity index (χ0v) is 14.3. The van der Waals surface area contributed by atoms with Crippen molar-refractivity contribution in [3.63, 3.8) is 0 Å². The van der Waals surface area contributed by atoms with Crippen molar-refractivity contribution in [2.75, 3.05) is 17.2 Å². The summed E-state index contributed by atoms with van der Waals surface area (Å²) in [6.07, 6.45) is 1.58. The van der Waals surface area contributed by atoms with Gasteiger partial charge in [0.2, 0.25) is 5.91 Å². The maximum atomic E-state index is 13.6. The number of anilines is 3. The molecule has 0 aliphatic heterocycles. The maximum Gasteiger partial charge on any atom is 0.227 e. The first kappa shape index (κ1) is 18.3. The van der Waals surface area contributed by atoms with E-state index in [1.165, 1.54) is 18.3 Å². The highest BCUT2D eigenvalue weighted by atomic mass is 19.1. The van der Waals surface area contributed by atoms with Gasteiger partial charge in [-0.2, -0.15) is 0 Å². The molecule has 0 bridgehead atoms. The highest BCUT2D eigenvalue weighted by Gasteiger charge is 2.09. The van der Waals surface area contributed by atoms with Gasteiger partial charge in [-0.3, -0.25) is 4.79 Å². The van der Waals surface area contributed by atoms with Crippen LogP contribution in [0.3, 0.4) is 0 Å². The number of para-hydroxylation sites is 2. The van der Waals surface area contributed by atoms with Crippen LogP contribution in [0.15, 0.2) is 66.9 Å². The van der Waals surface area contributed by atoms with Crippen LogP contribution in [-0.4, -0.2) is 17.5 Å². The molecule has 0 fully saturated rings. The van der Waals surface area contributed by atoms with Crippen molar-refractivity contribution >= 4 is 23.1 Å². The van der Waals surface area contributed by atoms with Crippen LogP contribution >= 0.6 is 0 Å². The fraction of sp³-hybridized carbons (Fsp3) is 0.100. The molecule has 0 atom stereocenters. The molecule has 2 N–H and O–H groups in total. The highest BCUT2D eigenvalue weighted by Crippen LogP contribution is 2.22. The van der Waals surface area contributed by atoms with Crippen molar-refractivity contribution in [1.82, 2.24) is 4.98 Å². The molecule has 3 rings (SSSR count). The summed E-state index contributed by atoms with van der Waals surface area (Å²) in [7, 11) is 0. The third-order valence-electron chi connectivity index (χ3n) is 3.60. The van der Waals surface area contributed by atoms with Crippen molar-refractivity contribution in [3.05, 3.63) is 78.5 Å². The zero-order valence-electron chi connectivity index (χ0n) is 14.3. The lowest BCUT2D eigenvalue weighted by atomic mass is 10.3. The molecular weight excluding hydrogens is 352 g/mol. The largest absolute Gasteiger partial charge is 0.493 e. The van der Waals surface area contributed by atoms with Gasteiger partial charge in [-0.15, -0.1) is 0 Å². The van der Waals surface area contributed by atoms with E-state index in [4.69, 9.17) is 4.74 Å². The van der Waals surface area contributed by atoms with Crippen molar-refractivity contribution in [2.24, 2.45) is 0 Å². The second-order valence-corrected chi connectivity index (χ2v) is 5.61. The lowest BCUT2D eigenvalue weighted by Crippen LogP contribution is -2.15. The third-order valence-corrected chi connectivity index (χ3v) is 3.60. The number of nitrogens with one attached hydrogen (secondary N) is 2. The molecule has 0 saturated heterocycles. The summed E-state index contributed by atoms with van der Waals surface area (Å²) in [5, 5.41) is 5.26. The quantitative estimate of drug-likeness (QED) is 0.643. The van der Waals surface area contributed by atoms with Crippen LogP contribution in [0.1, 0.15) is 6.42 Å². The molecule has 7 heteroatoms. The van der Waals surface area contributed by atoms with Gasteiger partial charge in [0.05, 0.1) is 24.9 Å². The first-order valence-electron chi connectivity index (χ1n) is 8.26. The molecule has 0 unspecified atom stereocenters. The van der Waals surface area contributed by atoms with Gasteiger partial charge in [-0.05, 0) is 36.4 Å². The summed E-state index contributed by atoms with van der Waals surface area (Å²) in [5.41, 5.74) is 0.194. The SMILES string of the molecule is O=C(CCOc1ccccc1)Nc1ccc(Nc2c(F)cccc2F)nc1. The topological polar surface area (TPSA) is 63.2 Å². The number of nitrogens with zero attached hydrogens (tertiary/aromatic N) is 1. The summed E-state index contributed by atoms with van der Waals surface area (Å²) in [6.45, 7) is 0.246. The molecule has 0 aliphatic carbocycles. The van der Waals surface area contributed by atoms with Crippen LogP contribution in [0.25, 0.3) is 0 Å². The molecule has 0 aliphatic rings. The number of carbonyl (C=O) groups is 1. The third kappa shape index (κ3) is 5.24. The Balaban J connectivity index is 1.50. The summed E-state index contributed by atoms with van der Waals surface area (Å²) in [5.74, 6) is -0.707. The van der Waals surface area contributed by atoms with Gasteiger partial charge in [-0.25, -0.2) is 13.8 Å². The Morgan fingerprint density at radius 3 is 2.37 bits per heavy atom. The maximum absolute atomic E-state index is 13.6. The lowest BCUT2D eigenvalue weighted by Gasteiger charge is -2.09. The van der Waals surface area contributed by atoms with E-state index in [1.807, 2.05) is 30.3 Å². The monoisotopic (exact) mass is 369 g/mol. The van der Waals surface area contributed by atoms with E-state index in [2.05, 4.69) is 15.6 Å². The highest BCUT2D eigenvalue weighted by molar-refractivity contribution is 5.90. The number of benzene rings is 2. The minimum absolute atomic E-state index is 0.176. The predicted octanol–water partition coefficient (Wildman–Crippen LogP) is 4.51. The van der Waals surface area contributed by atoms with Gasteiger partial charge in [0.1, 0.15) is 28.9 Å². The molecule has 1 heterocycles. The number of halogens is 2. The van der Waals surface area contributed by atoms with E-state index in [1.54, 1.807) is 6.07 Å². The number of hydrogen-bond donors (Lipinski definition) is 2. The average molecular weight is 369 g/mol. The van der Waals surface area contributed by atoms with Crippen LogP contribution < -0.4 is 15.4 Å². The van der Waals surface area contributed by atoms with Crippen molar-refractivity contribution < 1.29 is 18.3 Å². The Morgan fingerprint density at radius 2 is 1.70 bits per heavy atom. The van der Waals surface area contributed by atoms with Crippen LogP contribution in [0.2, 0.25) is 0 Å². The number of hydrogen-bond acceptors (Lipinski definition) is 4. The Labute approximate surface area is 155 Å². The smallest absolute Gasteiger partial charge is 0.227 e. The average Bonchev–Trinajstić information content (AvgIpc) is 2.67. The molecule has 1 aromatic heterocycles. The van der Waals surface area contributed by atoms with E-state index in [-0.39, 0.29) is 30.4 Å². The summed E-state index contributed by atoms with van der Waals surface area (Å²) in [4.78, 5) is 16.0. The summed E-state index contributed by atoms with van der Waals surface area (Å²) in [6, 6.07) is 15.9. The number of amides is 1. The van der Waals surface area contributed by atoms with Crippen LogP contribution in [0.5, 0.6) is 5.75 Å². The Kier molecular flexibility index (Phi) is 5.94. The second-order valence-electron chi connectivity index (χ2n) is 5.61. The Morgan fingerprint density at radius 1 is 0.963 bits per heavy atom. The van der Waals surface area contributed by atoms with Gasteiger partial charge in [0.15, 0.2) is 0 Å². The van der Waals surface area contributed by atoms with E-state index in [9.17, 15) is 13.6 Å². The Bertz CT molecular complexity index is 883. The number of rotatable bonds is 7. The predicted molar refractivity (Wildman–Crippen MR) is 99.1 cm³/mol. The fourth-order valence-corrected chi connectivity index (χ4v) is 2.29. The van der Waals surface area contributed by atoms with E-state index in [0.717, 1.165) is 12.1 Å². The fourth-order valence-electron chi connectivity index (χ4n) is 2.29. The summed E-state index contributed by atoms with van der Waals surface area (Å²) < 4.78 is 32.7. The van der Waals surface area contributed by atoms with Gasteiger partial charge in [-0.1, -0.05) is 24.3 Å². The number of carbonyl (C=O) groups excluding carboxylic acids is 1. The van der Waals surface area contributed by atoms with Gasteiger partial charge in [0, 0.05) is 0 Å². The molecular formula is C20H17F2N3O2. The first-order chi connectivity index (χ1) is 13.1. The molecule has 5 nitrogen and oxygen atoms in total. The minimum Gasteiger partial charge on any atom is -0.493 e. The van der Waals surface area contributed by atoms with Crippen molar-refractivity contribution in [2.45, 2.75) is 6.42 Å². The van der Waals surface area contributed by atoms with Gasteiger partial charge < -0.3 is 15.4 Å². The lowest BCUT2D eigenvalue weighted by molar-refractivity contribution is -0.116. The number of aromatic nitrogens is 1. The number of pyridine rings is 1. The molecule has 0 saturated carbocycles. The van der Waals surface area contributed by atoms with Crippen molar-refractivity contribution in [3.8, 4) is 5.75 Å². The van der Waals surface area contributed by atoms with Crippen molar-refractivity contribution in [1.29, 1.82) is 0 Å². The molecule has 0 radical (unpaired) electrons. The van der Waals surface area contributed by atoms with Gasteiger partial charge in [0.25, 0.3) is 0 Å². The minimum atomic E-state index is -0.715. The molecule has 27 heavy (non-hydrogen) atoms. The van der Waals surface area contributed by atoms with Gasteiger partial charge >= 0.3 is 0 Å². The zero-order chi connectivity index (χ0) is 19.1. The standard InChI is InChI=1S/C20H17F2N3O2/c21-16-7-4-8-17(22)20(16)25-18-10-9-14(13-23-18)24-19(26)11-12-27-15-5-2-1-3-6-15/h1-10,13H,11-12H2,(H,23,25)(H,24,26). The second kappa shape index (κ2) is 8.75.